The van der Waals surface area contributed by atoms with Crippen molar-refractivity contribution < 1.29 is 9.59 Å². The van der Waals surface area contributed by atoms with Crippen LogP contribution in [0.1, 0.15) is 36.1 Å². The van der Waals surface area contributed by atoms with E-state index in [1.165, 1.54) is 11.8 Å². The van der Waals surface area contributed by atoms with Gasteiger partial charge in [0.2, 0.25) is 5.91 Å². The molecule has 7 heteroatoms. The molecule has 3 aromatic rings. The first-order chi connectivity index (χ1) is 16.6. The van der Waals surface area contributed by atoms with Crippen LogP contribution in [0.25, 0.3) is 0 Å². The van der Waals surface area contributed by atoms with Crippen LogP contribution in [0.2, 0.25) is 0 Å². The number of amides is 2. The molecule has 0 saturated carbocycles. The Hall–Kier alpha value is -3.71. The maximum atomic E-state index is 13.2. The first-order valence-electron chi connectivity index (χ1n) is 11.2. The Morgan fingerprint density at radius 2 is 1.71 bits per heavy atom. The first-order valence-corrected chi connectivity index (χ1v) is 12.1. The van der Waals surface area contributed by atoms with Crippen LogP contribution in [0.15, 0.2) is 88.8 Å². The van der Waals surface area contributed by atoms with Gasteiger partial charge in [-0.2, -0.15) is 4.99 Å². The van der Waals surface area contributed by atoms with Crippen LogP contribution in [0.3, 0.4) is 0 Å². The molecule has 0 spiro atoms. The zero-order valence-electron chi connectivity index (χ0n) is 18.9. The number of aliphatic imine (C=N–C) groups is 2. The van der Waals surface area contributed by atoms with Crippen molar-refractivity contribution in [2.75, 3.05) is 5.32 Å². The molecular weight excluding hydrogens is 444 g/mol. The van der Waals surface area contributed by atoms with E-state index in [1.54, 1.807) is 0 Å². The lowest BCUT2D eigenvalue weighted by Gasteiger charge is -2.32. The number of fused-ring (bicyclic) bond motifs is 3. The molecular formula is C27H24N4O2S. The molecule has 34 heavy (non-hydrogen) atoms. The Morgan fingerprint density at radius 3 is 2.47 bits per heavy atom. The van der Waals surface area contributed by atoms with Gasteiger partial charge in [-0.25, -0.2) is 4.99 Å². The van der Waals surface area contributed by atoms with Crippen LogP contribution >= 0.6 is 11.8 Å². The molecule has 170 valence electrons. The molecule has 1 N–H and O–H groups in total. The van der Waals surface area contributed by atoms with E-state index in [0.717, 1.165) is 28.1 Å². The number of thioether (sulfide) groups is 1. The van der Waals surface area contributed by atoms with Gasteiger partial charge in [-0.15, -0.1) is 0 Å². The second kappa shape index (κ2) is 9.27. The lowest BCUT2D eigenvalue weighted by Crippen LogP contribution is -2.40. The number of anilines is 1. The summed E-state index contributed by atoms with van der Waals surface area (Å²) in [6.07, 6.45) is 0.604. The molecule has 3 aromatic carbocycles. The molecule has 2 heterocycles. The quantitative estimate of drug-likeness (QED) is 0.538. The van der Waals surface area contributed by atoms with Crippen LogP contribution in [0.5, 0.6) is 0 Å². The molecule has 0 radical (unpaired) electrons. The summed E-state index contributed by atoms with van der Waals surface area (Å²) in [5.41, 5.74) is 4.20. The zero-order valence-corrected chi connectivity index (χ0v) is 19.8. The Balaban J connectivity index is 1.50. The molecule has 0 saturated heterocycles. The normalized spacial score (nSPS) is 17.4. The van der Waals surface area contributed by atoms with Crippen molar-refractivity contribution in [2.45, 2.75) is 31.6 Å². The third kappa shape index (κ3) is 4.03. The number of amidine groups is 2. The number of nitrogens with zero attached hydrogens (tertiary/aromatic N) is 3. The van der Waals surface area contributed by atoms with E-state index in [0.29, 0.717) is 17.4 Å². The minimum absolute atomic E-state index is 0.0939. The number of hydrogen-bond acceptors (Lipinski definition) is 5. The minimum Gasteiger partial charge on any atom is -0.325 e. The maximum Gasteiger partial charge on any atom is 0.275 e. The van der Waals surface area contributed by atoms with Crippen LogP contribution in [0.4, 0.5) is 11.4 Å². The summed E-state index contributed by atoms with van der Waals surface area (Å²) < 4.78 is 0. The fraction of sp³-hybridized carbons (Fsp3) is 0.185. The van der Waals surface area contributed by atoms with Crippen LogP contribution in [0, 0.1) is 6.92 Å². The SMILES string of the molecule is CCC(SC1=Nc2ccccc2C2=NC(=O)C(c3ccccc3)N12)C(=O)Nc1ccccc1C. The Kier molecular flexibility index (Phi) is 6.02. The predicted molar refractivity (Wildman–Crippen MR) is 138 cm³/mol. The van der Waals surface area contributed by atoms with E-state index in [4.69, 9.17) is 4.99 Å². The Labute approximate surface area is 202 Å². The van der Waals surface area contributed by atoms with Gasteiger partial charge in [0, 0.05) is 11.3 Å². The summed E-state index contributed by atoms with van der Waals surface area (Å²) in [6.45, 7) is 3.94. The third-order valence-corrected chi connectivity index (χ3v) is 7.26. The molecule has 0 fully saturated rings. The summed E-state index contributed by atoms with van der Waals surface area (Å²) in [6, 6.07) is 24.4. The van der Waals surface area contributed by atoms with Crippen LogP contribution in [-0.2, 0) is 9.59 Å². The van der Waals surface area contributed by atoms with E-state index < -0.39 is 11.3 Å². The molecule has 5 rings (SSSR count). The Morgan fingerprint density at radius 1 is 1.00 bits per heavy atom. The molecule has 2 amide bonds. The topological polar surface area (TPSA) is 74.1 Å². The second-order valence-electron chi connectivity index (χ2n) is 8.19. The lowest BCUT2D eigenvalue weighted by molar-refractivity contribution is -0.119. The van der Waals surface area contributed by atoms with Gasteiger partial charge < -0.3 is 5.32 Å². The number of nitrogens with one attached hydrogen (secondary N) is 1. The highest BCUT2D eigenvalue weighted by Crippen LogP contribution is 2.40. The average Bonchev–Trinajstić information content (AvgIpc) is 3.21. The third-order valence-electron chi connectivity index (χ3n) is 5.93. The van der Waals surface area contributed by atoms with Crippen molar-refractivity contribution in [1.29, 1.82) is 0 Å². The van der Waals surface area contributed by atoms with E-state index >= 15 is 0 Å². The van der Waals surface area contributed by atoms with Crippen molar-refractivity contribution in [1.82, 2.24) is 4.90 Å². The number of para-hydroxylation sites is 2. The van der Waals surface area contributed by atoms with Gasteiger partial charge in [0.25, 0.3) is 5.91 Å². The molecule has 2 atom stereocenters. The highest BCUT2D eigenvalue weighted by Gasteiger charge is 2.43. The number of carbonyl (C=O) groups excluding carboxylic acids is 2. The van der Waals surface area contributed by atoms with Gasteiger partial charge in [-0.3, -0.25) is 14.5 Å². The van der Waals surface area contributed by atoms with E-state index in [-0.39, 0.29) is 11.8 Å². The smallest absolute Gasteiger partial charge is 0.275 e. The largest absolute Gasteiger partial charge is 0.325 e. The molecule has 0 aliphatic carbocycles. The highest BCUT2D eigenvalue weighted by atomic mass is 32.2. The number of aryl methyl sites for hydroxylation is 1. The monoisotopic (exact) mass is 468 g/mol. The standard InChI is InChI=1S/C27H24N4O2S/c1-3-22(25(32)28-20-15-9-7-11-17(20)2)34-27-29-21-16-10-8-14-19(21)24-30-26(33)23(31(24)27)18-12-5-4-6-13-18/h4-16,22-23H,3H2,1-2H3,(H,28,32). The van der Waals surface area contributed by atoms with Crippen LogP contribution in [-0.4, -0.2) is 33.0 Å². The highest BCUT2D eigenvalue weighted by molar-refractivity contribution is 8.15. The van der Waals surface area contributed by atoms with E-state index in [2.05, 4.69) is 10.3 Å². The summed E-state index contributed by atoms with van der Waals surface area (Å²) in [4.78, 5) is 37.5. The number of carbonyl (C=O) groups is 2. The zero-order chi connectivity index (χ0) is 23.7. The van der Waals surface area contributed by atoms with Gasteiger partial charge in [0.05, 0.1) is 10.9 Å². The summed E-state index contributed by atoms with van der Waals surface area (Å²) in [5.74, 6) is 0.258. The summed E-state index contributed by atoms with van der Waals surface area (Å²) in [5, 5.41) is 3.26. The van der Waals surface area contributed by atoms with Crippen LogP contribution < -0.4 is 5.32 Å². The summed E-state index contributed by atoms with van der Waals surface area (Å²) >= 11 is 1.37. The van der Waals surface area contributed by atoms with Crippen molar-refractivity contribution in [3.63, 3.8) is 0 Å². The minimum atomic E-state index is -0.604. The van der Waals surface area contributed by atoms with Crippen molar-refractivity contribution >= 4 is 46.0 Å². The molecule has 2 aliphatic heterocycles. The Bertz CT molecular complexity index is 1320. The molecule has 0 bridgehead atoms. The van der Waals surface area contributed by atoms with Gasteiger partial charge in [-0.05, 0) is 42.7 Å². The van der Waals surface area contributed by atoms with Crippen molar-refractivity contribution in [3.05, 3.63) is 95.6 Å². The second-order valence-corrected chi connectivity index (χ2v) is 9.36. The number of hydrogen-bond donors (Lipinski definition) is 1. The molecule has 2 aliphatic rings. The van der Waals surface area contributed by atoms with E-state index in [1.807, 2.05) is 97.6 Å². The molecule has 6 nitrogen and oxygen atoms in total. The van der Waals surface area contributed by atoms with Gasteiger partial charge in [0.15, 0.2) is 5.17 Å². The maximum absolute atomic E-state index is 13.2. The van der Waals surface area contributed by atoms with E-state index in [9.17, 15) is 9.59 Å². The van der Waals surface area contributed by atoms with Gasteiger partial charge in [-0.1, -0.05) is 79.3 Å². The fourth-order valence-corrected chi connectivity index (χ4v) is 5.19. The van der Waals surface area contributed by atoms with Crippen molar-refractivity contribution in [3.8, 4) is 0 Å². The number of rotatable bonds is 5. The van der Waals surface area contributed by atoms with Gasteiger partial charge in [0.1, 0.15) is 11.9 Å². The first kappa shape index (κ1) is 22.1. The van der Waals surface area contributed by atoms with Gasteiger partial charge >= 0.3 is 0 Å². The predicted octanol–water partition coefficient (Wildman–Crippen LogP) is 5.48. The van der Waals surface area contributed by atoms with Crippen molar-refractivity contribution in [2.24, 2.45) is 9.98 Å². The molecule has 0 aromatic heterocycles. The molecule has 2 unspecified atom stereocenters. The number of benzene rings is 3. The summed E-state index contributed by atoms with van der Waals surface area (Å²) in [7, 11) is 0. The average molecular weight is 469 g/mol. The fourth-order valence-electron chi connectivity index (χ4n) is 4.15. The lowest BCUT2D eigenvalue weighted by atomic mass is 10.0.